The van der Waals surface area contributed by atoms with Gasteiger partial charge in [-0.1, -0.05) is 0 Å². The lowest BCUT2D eigenvalue weighted by atomic mass is 10.0. The molecule has 0 aliphatic carbocycles. The average molecular weight is 284 g/mol. The van der Waals surface area contributed by atoms with Gasteiger partial charge in [-0.3, -0.25) is 4.98 Å². The van der Waals surface area contributed by atoms with Crippen LogP contribution in [0.25, 0.3) is 0 Å². The number of rotatable bonds is 3. The molecule has 2 heterocycles. The van der Waals surface area contributed by atoms with E-state index in [1.54, 1.807) is 25.4 Å². The van der Waals surface area contributed by atoms with Crippen molar-refractivity contribution in [3.63, 3.8) is 0 Å². The SMILES string of the molecule is COc1cc(N(C)C)ccc1C1OC(=O)c2cccnc21. The van der Waals surface area contributed by atoms with Crippen LogP contribution in [0, 0.1) is 0 Å². The quantitative estimate of drug-likeness (QED) is 0.810. The molecule has 21 heavy (non-hydrogen) atoms. The number of anilines is 1. The standard InChI is InChI=1S/C16H16N2O3/c1-18(2)10-6-7-11(13(9-10)20-3)15-14-12(16(19)21-15)5-4-8-17-14/h4-9,15H,1-3H3. The lowest BCUT2D eigenvalue weighted by molar-refractivity contribution is 0.0449. The van der Waals surface area contributed by atoms with E-state index in [1.165, 1.54) is 0 Å². The average Bonchev–Trinajstić information content (AvgIpc) is 2.84. The molecule has 0 spiro atoms. The molecule has 0 amide bonds. The van der Waals surface area contributed by atoms with Gasteiger partial charge in [0.1, 0.15) is 11.4 Å². The van der Waals surface area contributed by atoms with Gasteiger partial charge in [0.05, 0.1) is 12.7 Å². The van der Waals surface area contributed by atoms with Crippen molar-refractivity contribution >= 4 is 11.7 Å². The topological polar surface area (TPSA) is 51.7 Å². The van der Waals surface area contributed by atoms with Gasteiger partial charge < -0.3 is 14.4 Å². The molecule has 1 unspecified atom stereocenters. The number of hydrogen-bond acceptors (Lipinski definition) is 5. The second-order valence-electron chi connectivity index (χ2n) is 5.04. The lowest BCUT2D eigenvalue weighted by Gasteiger charge is -2.18. The van der Waals surface area contributed by atoms with Crippen molar-refractivity contribution in [3.05, 3.63) is 53.3 Å². The first-order valence-electron chi connectivity index (χ1n) is 6.63. The monoisotopic (exact) mass is 284 g/mol. The molecule has 1 aliphatic rings. The van der Waals surface area contributed by atoms with Crippen molar-refractivity contribution in [2.75, 3.05) is 26.1 Å². The van der Waals surface area contributed by atoms with Gasteiger partial charge in [-0.25, -0.2) is 4.79 Å². The minimum Gasteiger partial charge on any atom is -0.496 e. The fourth-order valence-corrected chi connectivity index (χ4v) is 2.43. The normalized spacial score (nSPS) is 16.3. The predicted molar refractivity (Wildman–Crippen MR) is 78.8 cm³/mol. The Morgan fingerprint density at radius 2 is 2.10 bits per heavy atom. The maximum absolute atomic E-state index is 11.9. The zero-order chi connectivity index (χ0) is 15.0. The van der Waals surface area contributed by atoms with Crippen molar-refractivity contribution in [1.82, 2.24) is 4.98 Å². The molecule has 2 aromatic rings. The highest BCUT2D eigenvalue weighted by molar-refractivity contribution is 5.94. The molecule has 3 rings (SSSR count). The number of ether oxygens (including phenoxy) is 2. The summed E-state index contributed by atoms with van der Waals surface area (Å²) in [5.74, 6) is 0.333. The summed E-state index contributed by atoms with van der Waals surface area (Å²) < 4.78 is 10.9. The van der Waals surface area contributed by atoms with Gasteiger partial charge >= 0.3 is 5.97 Å². The molecule has 1 aromatic carbocycles. The highest BCUT2D eigenvalue weighted by atomic mass is 16.6. The summed E-state index contributed by atoms with van der Waals surface area (Å²) in [6.07, 6.45) is 1.15. The Balaban J connectivity index is 2.08. The molecule has 0 fully saturated rings. The maximum atomic E-state index is 11.9. The summed E-state index contributed by atoms with van der Waals surface area (Å²) >= 11 is 0. The van der Waals surface area contributed by atoms with Crippen LogP contribution in [0.2, 0.25) is 0 Å². The number of cyclic esters (lactones) is 1. The van der Waals surface area contributed by atoms with Gasteiger partial charge in [0.25, 0.3) is 0 Å². The third-order valence-electron chi connectivity index (χ3n) is 3.55. The number of aromatic nitrogens is 1. The van der Waals surface area contributed by atoms with E-state index in [-0.39, 0.29) is 5.97 Å². The fourth-order valence-electron chi connectivity index (χ4n) is 2.43. The first-order valence-corrected chi connectivity index (χ1v) is 6.63. The molecular formula is C16H16N2O3. The molecule has 1 atom stereocenters. The second-order valence-corrected chi connectivity index (χ2v) is 5.04. The number of methoxy groups -OCH3 is 1. The van der Waals surface area contributed by atoms with Crippen LogP contribution in [0.1, 0.15) is 27.7 Å². The molecule has 108 valence electrons. The highest BCUT2D eigenvalue weighted by Gasteiger charge is 2.35. The first kappa shape index (κ1) is 13.4. The van der Waals surface area contributed by atoms with E-state index in [0.29, 0.717) is 17.0 Å². The van der Waals surface area contributed by atoms with Gasteiger partial charge in [0.2, 0.25) is 0 Å². The molecule has 1 aliphatic heterocycles. The maximum Gasteiger partial charge on any atom is 0.341 e. The summed E-state index contributed by atoms with van der Waals surface area (Å²) in [6, 6.07) is 9.26. The molecular weight excluding hydrogens is 268 g/mol. The van der Waals surface area contributed by atoms with Crippen LogP contribution in [0.4, 0.5) is 5.69 Å². The number of nitrogens with zero attached hydrogens (tertiary/aromatic N) is 2. The predicted octanol–water partition coefficient (Wildman–Crippen LogP) is 2.42. The Bertz CT molecular complexity index is 698. The summed E-state index contributed by atoms with van der Waals surface area (Å²) in [4.78, 5) is 18.2. The zero-order valence-corrected chi connectivity index (χ0v) is 12.2. The van der Waals surface area contributed by atoms with E-state index in [9.17, 15) is 4.79 Å². The lowest BCUT2D eigenvalue weighted by Crippen LogP contribution is -2.10. The molecule has 0 N–H and O–H groups in total. The number of carbonyl (C=O) groups is 1. The number of fused-ring (bicyclic) bond motifs is 1. The van der Waals surface area contributed by atoms with E-state index in [4.69, 9.17) is 9.47 Å². The summed E-state index contributed by atoms with van der Waals surface area (Å²) in [5.41, 5.74) is 2.97. The van der Waals surface area contributed by atoms with E-state index in [1.807, 2.05) is 37.2 Å². The summed E-state index contributed by atoms with van der Waals surface area (Å²) in [6.45, 7) is 0. The zero-order valence-electron chi connectivity index (χ0n) is 12.2. The third kappa shape index (κ3) is 2.20. The van der Waals surface area contributed by atoms with Gasteiger partial charge in [0, 0.05) is 37.6 Å². The van der Waals surface area contributed by atoms with Gasteiger partial charge in [0.15, 0.2) is 6.10 Å². The Hall–Kier alpha value is -2.56. The van der Waals surface area contributed by atoms with E-state index in [0.717, 1.165) is 11.3 Å². The summed E-state index contributed by atoms with van der Waals surface area (Å²) in [5, 5.41) is 0. The largest absolute Gasteiger partial charge is 0.496 e. The van der Waals surface area contributed by atoms with Crippen LogP contribution in [0.5, 0.6) is 5.75 Å². The molecule has 0 saturated carbocycles. The number of benzene rings is 1. The smallest absolute Gasteiger partial charge is 0.341 e. The molecule has 5 nitrogen and oxygen atoms in total. The second kappa shape index (κ2) is 5.09. The Kier molecular flexibility index (Phi) is 3.25. The van der Waals surface area contributed by atoms with E-state index < -0.39 is 6.10 Å². The molecule has 0 saturated heterocycles. The molecule has 0 radical (unpaired) electrons. The third-order valence-corrected chi connectivity index (χ3v) is 3.55. The van der Waals surface area contributed by atoms with Crippen molar-refractivity contribution in [3.8, 4) is 5.75 Å². The minimum absolute atomic E-state index is 0.346. The van der Waals surface area contributed by atoms with Crippen LogP contribution in [0.15, 0.2) is 36.5 Å². The fraction of sp³-hybridized carbons (Fsp3) is 0.250. The molecule has 5 heteroatoms. The van der Waals surface area contributed by atoms with Crippen LogP contribution in [-0.4, -0.2) is 32.2 Å². The van der Waals surface area contributed by atoms with Gasteiger partial charge in [-0.15, -0.1) is 0 Å². The van der Waals surface area contributed by atoms with Crippen LogP contribution in [-0.2, 0) is 4.74 Å². The van der Waals surface area contributed by atoms with Gasteiger partial charge in [-0.05, 0) is 24.3 Å². The van der Waals surface area contributed by atoms with Crippen LogP contribution in [0.3, 0.4) is 0 Å². The Morgan fingerprint density at radius 1 is 1.29 bits per heavy atom. The number of hydrogen-bond donors (Lipinski definition) is 0. The summed E-state index contributed by atoms with van der Waals surface area (Å²) in [7, 11) is 5.52. The number of pyridine rings is 1. The van der Waals surface area contributed by atoms with Crippen molar-refractivity contribution in [2.24, 2.45) is 0 Å². The van der Waals surface area contributed by atoms with Crippen LogP contribution >= 0.6 is 0 Å². The van der Waals surface area contributed by atoms with Crippen molar-refractivity contribution in [1.29, 1.82) is 0 Å². The Labute approximate surface area is 123 Å². The Morgan fingerprint density at radius 3 is 2.81 bits per heavy atom. The minimum atomic E-state index is -0.514. The first-order chi connectivity index (χ1) is 10.1. The van der Waals surface area contributed by atoms with Gasteiger partial charge in [-0.2, -0.15) is 0 Å². The molecule has 0 bridgehead atoms. The van der Waals surface area contributed by atoms with Crippen molar-refractivity contribution in [2.45, 2.75) is 6.10 Å². The number of carbonyl (C=O) groups excluding carboxylic acids is 1. The molecule has 1 aromatic heterocycles. The van der Waals surface area contributed by atoms with E-state index >= 15 is 0 Å². The van der Waals surface area contributed by atoms with Crippen LogP contribution < -0.4 is 9.64 Å². The number of esters is 1. The van der Waals surface area contributed by atoms with Crippen molar-refractivity contribution < 1.29 is 14.3 Å². The van der Waals surface area contributed by atoms with E-state index in [2.05, 4.69) is 4.98 Å². The highest BCUT2D eigenvalue weighted by Crippen LogP contribution is 2.39.